The van der Waals surface area contributed by atoms with Crippen LogP contribution in [0.25, 0.3) is 0 Å². The van der Waals surface area contributed by atoms with E-state index in [1.807, 2.05) is 0 Å². The van der Waals surface area contributed by atoms with Gasteiger partial charge < -0.3 is 10.1 Å². The van der Waals surface area contributed by atoms with Gasteiger partial charge in [0, 0.05) is 12.1 Å². The summed E-state index contributed by atoms with van der Waals surface area (Å²) < 4.78 is 5.48. The van der Waals surface area contributed by atoms with Crippen LogP contribution in [0.5, 0.6) is 5.75 Å². The van der Waals surface area contributed by atoms with E-state index < -0.39 is 0 Å². The Morgan fingerprint density at radius 3 is 2.67 bits per heavy atom. The van der Waals surface area contributed by atoms with Crippen molar-refractivity contribution in [3.05, 3.63) is 65.2 Å². The number of hydrogen-bond donors (Lipinski definition) is 1. The lowest BCUT2D eigenvalue weighted by Crippen LogP contribution is -2.36. The van der Waals surface area contributed by atoms with E-state index >= 15 is 0 Å². The highest BCUT2D eigenvalue weighted by Gasteiger charge is 2.22. The summed E-state index contributed by atoms with van der Waals surface area (Å²) in [6.45, 7) is 2.25. The van der Waals surface area contributed by atoms with Crippen molar-refractivity contribution in [3.8, 4) is 5.75 Å². The van der Waals surface area contributed by atoms with Gasteiger partial charge >= 0.3 is 0 Å². The summed E-state index contributed by atoms with van der Waals surface area (Å²) >= 11 is 0. The Morgan fingerprint density at radius 1 is 1.10 bits per heavy atom. The molecule has 1 N–H and O–H groups in total. The maximum Gasteiger partial charge on any atom is 0.122 e. The van der Waals surface area contributed by atoms with Gasteiger partial charge in [0.05, 0.1) is 7.11 Å². The van der Waals surface area contributed by atoms with Crippen LogP contribution in [0.3, 0.4) is 0 Å². The van der Waals surface area contributed by atoms with Gasteiger partial charge in [-0.3, -0.25) is 0 Å². The molecule has 0 fully saturated rings. The third-order valence-corrected chi connectivity index (χ3v) is 4.44. The Morgan fingerprint density at radius 2 is 1.90 bits per heavy atom. The summed E-state index contributed by atoms with van der Waals surface area (Å²) in [6, 6.07) is 18.0. The number of nitrogens with one attached hydrogen (secondary N) is 1. The van der Waals surface area contributed by atoms with E-state index in [4.69, 9.17) is 4.74 Å². The molecule has 0 heterocycles. The van der Waals surface area contributed by atoms with Crippen LogP contribution in [0.2, 0.25) is 0 Å². The zero-order valence-electron chi connectivity index (χ0n) is 12.8. The first-order chi connectivity index (χ1) is 10.3. The minimum atomic E-state index is 0.392. The predicted molar refractivity (Wildman–Crippen MR) is 86.8 cm³/mol. The molecule has 3 rings (SSSR count). The number of benzene rings is 2. The van der Waals surface area contributed by atoms with Crippen LogP contribution >= 0.6 is 0 Å². The molecule has 2 aromatic carbocycles. The Hall–Kier alpha value is -1.80. The SMILES string of the molecule is COc1cccc2c1CC[C@H](NC(C)c1ccccc1)C2. The molecule has 2 atom stereocenters. The molecule has 110 valence electrons. The summed E-state index contributed by atoms with van der Waals surface area (Å²) in [5.74, 6) is 1.04. The predicted octanol–water partition coefficient (Wildman–Crippen LogP) is 3.90. The van der Waals surface area contributed by atoms with Crippen LogP contribution < -0.4 is 10.1 Å². The van der Waals surface area contributed by atoms with E-state index in [2.05, 4.69) is 60.8 Å². The molecule has 0 amide bonds. The van der Waals surface area contributed by atoms with Crippen LogP contribution in [0.4, 0.5) is 0 Å². The molecule has 2 nitrogen and oxygen atoms in total. The lowest BCUT2D eigenvalue weighted by atomic mass is 9.87. The standard InChI is InChI=1S/C19H23NO/c1-14(15-7-4-3-5-8-15)20-17-11-12-18-16(13-17)9-6-10-19(18)21-2/h3-10,14,17,20H,11-13H2,1-2H3/t14?,17-/m0/s1. The van der Waals surface area contributed by atoms with Crippen LogP contribution in [0.15, 0.2) is 48.5 Å². The van der Waals surface area contributed by atoms with Crippen LogP contribution in [-0.4, -0.2) is 13.2 Å². The van der Waals surface area contributed by atoms with Crippen LogP contribution in [0, 0.1) is 0 Å². The molecule has 2 aromatic rings. The average molecular weight is 281 g/mol. The van der Waals surface area contributed by atoms with Gasteiger partial charge in [-0.15, -0.1) is 0 Å². The molecule has 1 aliphatic rings. The van der Waals surface area contributed by atoms with Crippen molar-refractivity contribution in [3.63, 3.8) is 0 Å². The largest absolute Gasteiger partial charge is 0.496 e. The topological polar surface area (TPSA) is 21.3 Å². The molecule has 0 radical (unpaired) electrons. The fourth-order valence-electron chi connectivity index (χ4n) is 3.30. The summed E-state index contributed by atoms with van der Waals surface area (Å²) in [7, 11) is 1.76. The van der Waals surface area contributed by atoms with E-state index in [0.717, 1.165) is 18.6 Å². The highest BCUT2D eigenvalue weighted by molar-refractivity contribution is 5.42. The van der Waals surface area contributed by atoms with E-state index in [0.29, 0.717) is 12.1 Å². The smallest absolute Gasteiger partial charge is 0.122 e. The fraction of sp³-hybridized carbons (Fsp3) is 0.368. The minimum Gasteiger partial charge on any atom is -0.496 e. The molecule has 1 aliphatic carbocycles. The molecule has 2 heteroatoms. The molecule has 0 saturated heterocycles. The highest BCUT2D eigenvalue weighted by atomic mass is 16.5. The van der Waals surface area contributed by atoms with E-state index in [1.165, 1.54) is 23.1 Å². The highest BCUT2D eigenvalue weighted by Crippen LogP contribution is 2.30. The lowest BCUT2D eigenvalue weighted by molar-refractivity contribution is 0.386. The van der Waals surface area contributed by atoms with Crippen molar-refractivity contribution in [2.24, 2.45) is 0 Å². The maximum absolute atomic E-state index is 5.48. The lowest BCUT2D eigenvalue weighted by Gasteiger charge is -2.29. The van der Waals surface area contributed by atoms with Crippen molar-refractivity contribution in [1.29, 1.82) is 0 Å². The first-order valence-corrected chi connectivity index (χ1v) is 7.73. The Balaban J connectivity index is 1.69. The molecule has 0 spiro atoms. The van der Waals surface area contributed by atoms with Crippen molar-refractivity contribution in [2.75, 3.05) is 7.11 Å². The Labute approximate surface area is 127 Å². The average Bonchev–Trinajstić information content (AvgIpc) is 2.54. The van der Waals surface area contributed by atoms with E-state index in [1.54, 1.807) is 7.11 Å². The van der Waals surface area contributed by atoms with Crippen molar-refractivity contribution < 1.29 is 4.74 Å². The molecule has 0 bridgehead atoms. The second-order valence-corrected chi connectivity index (χ2v) is 5.84. The molecule has 0 aromatic heterocycles. The molecule has 21 heavy (non-hydrogen) atoms. The second kappa shape index (κ2) is 6.31. The molecular formula is C19H23NO. The third-order valence-electron chi connectivity index (χ3n) is 4.44. The minimum absolute atomic E-state index is 0.392. The van der Waals surface area contributed by atoms with Crippen molar-refractivity contribution in [2.45, 2.75) is 38.3 Å². The van der Waals surface area contributed by atoms with Crippen molar-refractivity contribution >= 4 is 0 Å². The van der Waals surface area contributed by atoms with Gasteiger partial charge in [0.15, 0.2) is 0 Å². The monoisotopic (exact) mass is 281 g/mol. The van der Waals surface area contributed by atoms with Gasteiger partial charge in [0.25, 0.3) is 0 Å². The van der Waals surface area contributed by atoms with Gasteiger partial charge in [-0.25, -0.2) is 0 Å². The molecule has 0 saturated carbocycles. The summed E-state index contributed by atoms with van der Waals surface area (Å²) in [5, 5.41) is 3.77. The summed E-state index contributed by atoms with van der Waals surface area (Å²) in [4.78, 5) is 0. The van der Waals surface area contributed by atoms with E-state index in [9.17, 15) is 0 Å². The number of fused-ring (bicyclic) bond motifs is 1. The number of ether oxygens (including phenoxy) is 1. The third kappa shape index (κ3) is 3.11. The zero-order valence-corrected chi connectivity index (χ0v) is 12.8. The number of rotatable bonds is 4. The quantitative estimate of drug-likeness (QED) is 0.917. The normalized spacial score (nSPS) is 18.9. The zero-order chi connectivity index (χ0) is 14.7. The van der Waals surface area contributed by atoms with Gasteiger partial charge in [-0.2, -0.15) is 0 Å². The molecule has 0 aliphatic heterocycles. The van der Waals surface area contributed by atoms with Crippen LogP contribution in [-0.2, 0) is 12.8 Å². The van der Waals surface area contributed by atoms with Gasteiger partial charge in [-0.1, -0.05) is 42.5 Å². The Kier molecular flexibility index (Phi) is 4.26. The number of hydrogen-bond acceptors (Lipinski definition) is 2. The van der Waals surface area contributed by atoms with Crippen LogP contribution in [0.1, 0.15) is 36.1 Å². The van der Waals surface area contributed by atoms with E-state index in [-0.39, 0.29) is 0 Å². The van der Waals surface area contributed by atoms with Crippen molar-refractivity contribution in [1.82, 2.24) is 5.32 Å². The fourth-order valence-corrected chi connectivity index (χ4v) is 3.30. The summed E-state index contributed by atoms with van der Waals surface area (Å²) in [6.07, 6.45) is 3.35. The summed E-state index contributed by atoms with van der Waals surface area (Å²) in [5.41, 5.74) is 4.18. The first kappa shape index (κ1) is 14.2. The molecular weight excluding hydrogens is 258 g/mol. The number of methoxy groups -OCH3 is 1. The first-order valence-electron chi connectivity index (χ1n) is 7.73. The van der Waals surface area contributed by atoms with Gasteiger partial charge in [-0.05, 0) is 48.9 Å². The Bertz CT molecular complexity index is 594. The maximum atomic E-state index is 5.48. The van der Waals surface area contributed by atoms with Gasteiger partial charge in [0.2, 0.25) is 0 Å². The molecule has 1 unspecified atom stereocenters. The second-order valence-electron chi connectivity index (χ2n) is 5.84. The van der Waals surface area contributed by atoms with Gasteiger partial charge in [0.1, 0.15) is 5.75 Å².